The number of rotatable bonds is 5. The molecule has 0 bridgehead atoms. The molecule has 0 spiro atoms. The maximum atomic E-state index is 12.8. The van der Waals surface area contributed by atoms with E-state index < -0.39 is 28.4 Å². The molecule has 2 atom stereocenters. The molecule has 27 heavy (non-hydrogen) atoms. The second-order valence-corrected chi connectivity index (χ2v) is 8.55. The lowest BCUT2D eigenvalue weighted by atomic mass is 9.54. The maximum absolute atomic E-state index is 12.8. The molecular weight excluding hydrogens is 370 g/mol. The van der Waals surface area contributed by atoms with Gasteiger partial charge >= 0.3 is 5.97 Å². The summed E-state index contributed by atoms with van der Waals surface area (Å²) in [5, 5.41) is 12.4. The SMILES string of the molecule is CCOC1CC(NC(=O)c2cnc3sc(C)c(C)n3c2=O)(C(=O)O)C1(C)C. The van der Waals surface area contributed by atoms with E-state index in [4.69, 9.17) is 4.74 Å². The lowest BCUT2D eigenvalue weighted by Gasteiger charge is -2.58. The molecule has 2 heterocycles. The zero-order chi connectivity index (χ0) is 20.1. The number of nitrogens with zero attached hydrogens (tertiary/aromatic N) is 2. The average Bonchev–Trinajstić information content (AvgIpc) is 2.88. The number of nitrogens with one attached hydrogen (secondary N) is 1. The van der Waals surface area contributed by atoms with Crippen molar-refractivity contribution in [3.8, 4) is 0 Å². The van der Waals surface area contributed by atoms with Crippen molar-refractivity contribution in [2.75, 3.05) is 6.61 Å². The Morgan fingerprint density at radius 1 is 1.44 bits per heavy atom. The third-order valence-electron chi connectivity index (χ3n) is 5.72. The number of ether oxygens (including phenoxy) is 1. The predicted molar refractivity (Wildman–Crippen MR) is 100 cm³/mol. The molecule has 8 nitrogen and oxygen atoms in total. The Labute approximate surface area is 160 Å². The molecule has 2 aromatic heterocycles. The summed E-state index contributed by atoms with van der Waals surface area (Å²) in [6, 6.07) is 0. The summed E-state index contributed by atoms with van der Waals surface area (Å²) in [4.78, 5) is 43.3. The highest BCUT2D eigenvalue weighted by molar-refractivity contribution is 7.17. The number of carboxylic acids is 1. The largest absolute Gasteiger partial charge is 0.479 e. The van der Waals surface area contributed by atoms with E-state index in [-0.39, 0.29) is 18.1 Å². The molecule has 1 aliphatic rings. The number of carbonyl (C=O) groups excluding carboxylic acids is 1. The molecule has 2 N–H and O–H groups in total. The first-order chi connectivity index (χ1) is 12.6. The van der Waals surface area contributed by atoms with E-state index in [9.17, 15) is 19.5 Å². The summed E-state index contributed by atoms with van der Waals surface area (Å²) in [5.74, 6) is -1.89. The zero-order valence-corrected chi connectivity index (χ0v) is 16.8. The lowest BCUT2D eigenvalue weighted by Crippen LogP contribution is -2.76. The van der Waals surface area contributed by atoms with E-state index in [1.165, 1.54) is 21.9 Å². The minimum atomic E-state index is -1.50. The van der Waals surface area contributed by atoms with Crippen LogP contribution in [-0.4, -0.2) is 44.6 Å². The molecule has 3 rings (SSSR count). The molecular formula is C18H23N3O5S. The van der Waals surface area contributed by atoms with Gasteiger partial charge in [-0.25, -0.2) is 9.78 Å². The molecule has 1 aliphatic carbocycles. The molecule has 146 valence electrons. The van der Waals surface area contributed by atoms with Crippen molar-refractivity contribution in [3.63, 3.8) is 0 Å². The van der Waals surface area contributed by atoms with Crippen LogP contribution in [0.5, 0.6) is 0 Å². The Morgan fingerprint density at radius 3 is 2.67 bits per heavy atom. The van der Waals surface area contributed by atoms with Gasteiger partial charge in [-0.05, 0) is 20.8 Å². The van der Waals surface area contributed by atoms with E-state index in [0.29, 0.717) is 11.6 Å². The number of fused-ring (bicyclic) bond motifs is 1. The van der Waals surface area contributed by atoms with Crippen LogP contribution in [0.3, 0.4) is 0 Å². The number of aromatic nitrogens is 2. The van der Waals surface area contributed by atoms with Gasteiger partial charge in [0.2, 0.25) is 0 Å². The number of hydrogen-bond acceptors (Lipinski definition) is 6. The van der Waals surface area contributed by atoms with Gasteiger partial charge in [-0.2, -0.15) is 0 Å². The molecule has 2 aromatic rings. The Bertz CT molecular complexity index is 993. The molecule has 0 aliphatic heterocycles. The number of carboxylic acid groups (broad SMARTS) is 1. The standard InChI is InChI=1S/C18H23N3O5S/c1-6-26-12-7-18(15(24)25,17(12,4)5)20-13(22)11-8-19-16-21(14(11)23)9(2)10(3)27-16/h8,12H,6-7H2,1-5H3,(H,20,22)(H,24,25). The van der Waals surface area contributed by atoms with Gasteiger partial charge in [0.05, 0.1) is 6.10 Å². The van der Waals surface area contributed by atoms with Crippen LogP contribution in [0.2, 0.25) is 0 Å². The van der Waals surface area contributed by atoms with E-state index in [0.717, 1.165) is 10.6 Å². The van der Waals surface area contributed by atoms with Crippen LogP contribution in [0.15, 0.2) is 11.0 Å². The third kappa shape index (κ3) is 2.68. The molecule has 0 aromatic carbocycles. The topological polar surface area (TPSA) is 110 Å². The highest BCUT2D eigenvalue weighted by Gasteiger charge is 2.66. The van der Waals surface area contributed by atoms with Gasteiger partial charge in [0.25, 0.3) is 11.5 Å². The van der Waals surface area contributed by atoms with Crippen LogP contribution in [0.25, 0.3) is 4.96 Å². The normalized spacial score (nSPS) is 23.8. The first-order valence-electron chi connectivity index (χ1n) is 8.72. The summed E-state index contributed by atoms with van der Waals surface area (Å²) >= 11 is 1.36. The molecule has 2 unspecified atom stereocenters. The number of aryl methyl sites for hydroxylation is 2. The minimum Gasteiger partial charge on any atom is -0.479 e. The lowest BCUT2D eigenvalue weighted by molar-refractivity contribution is -0.190. The summed E-state index contributed by atoms with van der Waals surface area (Å²) in [6.07, 6.45) is 1.06. The number of aliphatic carboxylic acids is 1. The molecule has 1 saturated carbocycles. The van der Waals surface area contributed by atoms with Gasteiger partial charge in [-0.15, -0.1) is 11.3 Å². The van der Waals surface area contributed by atoms with E-state index in [1.54, 1.807) is 20.8 Å². The van der Waals surface area contributed by atoms with Crippen molar-refractivity contribution in [2.45, 2.75) is 52.7 Å². The molecule has 1 amide bonds. The van der Waals surface area contributed by atoms with Gasteiger partial charge < -0.3 is 15.2 Å². The second kappa shape index (κ2) is 6.42. The Hall–Kier alpha value is -2.26. The van der Waals surface area contributed by atoms with Crippen molar-refractivity contribution >= 4 is 28.2 Å². The van der Waals surface area contributed by atoms with Crippen molar-refractivity contribution < 1.29 is 19.4 Å². The summed E-state index contributed by atoms with van der Waals surface area (Å²) in [6.45, 7) is 9.43. The maximum Gasteiger partial charge on any atom is 0.330 e. The summed E-state index contributed by atoms with van der Waals surface area (Å²) < 4.78 is 6.98. The summed E-state index contributed by atoms with van der Waals surface area (Å²) in [5.41, 5.74) is -2.29. The Morgan fingerprint density at radius 2 is 2.11 bits per heavy atom. The second-order valence-electron chi connectivity index (χ2n) is 7.37. The van der Waals surface area contributed by atoms with E-state index in [1.807, 2.05) is 13.8 Å². The number of thiazole rings is 1. The van der Waals surface area contributed by atoms with Crippen LogP contribution < -0.4 is 10.9 Å². The Balaban J connectivity index is 1.98. The van der Waals surface area contributed by atoms with Crippen LogP contribution in [0.1, 0.15) is 48.1 Å². The summed E-state index contributed by atoms with van der Waals surface area (Å²) in [7, 11) is 0. The monoisotopic (exact) mass is 393 g/mol. The van der Waals surface area contributed by atoms with Crippen LogP contribution in [-0.2, 0) is 9.53 Å². The van der Waals surface area contributed by atoms with Crippen molar-refractivity contribution in [3.05, 3.63) is 32.7 Å². The highest BCUT2D eigenvalue weighted by atomic mass is 32.1. The molecule has 0 saturated heterocycles. The van der Waals surface area contributed by atoms with Crippen LogP contribution in [0, 0.1) is 19.3 Å². The van der Waals surface area contributed by atoms with E-state index >= 15 is 0 Å². The van der Waals surface area contributed by atoms with Crippen molar-refractivity contribution in [2.24, 2.45) is 5.41 Å². The average molecular weight is 393 g/mol. The fraction of sp³-hybridized carbons (Fsp3) is 0.556. The van der Waals surface area contributed by atoms with Crippen LogP contribution >= 0.6 is 11.3 Å². The van der Waals surface area contributed by atoms with Gasteiger partial charge in [0.1, 0.15) is 11.1 Å². The number of hydrogen-bond donors (Lipinski definition) is 2. The van der Waals surface area contributed by atoms with Gasteiger partial charge in [-0.3, -0.25) is 14.0 Å². The quantitative estimate of drug-likeness (QED) is 0.801. The molecule has 1 fully saturated rings. The van der Waals surface area contributed by atoms with E-state index in [2.05, 4.69) is 10.3 Å². The van der Waals surface area contributed by atoms with Crippen molar-refractivity contribution in [1.82, 2.24) is 14.7 Å². The first kappa shape index (κ1) is 19.5. The van der Waals surface area contributed by atoms with Crippen LogP contribution in [0.4, 0.5) is 0 Å². The minimum absolute atomic E-state index is 0.141. The fourth-order valence-electron chi connectivity index (χ4n) is 3.63. The van der Waals surface area contributed by atoms with Gasteiger partial charge in [-0.1, -0.05) is 13.8 Å². The van der Waals surface area contributed by atoms with Gasteiger partial charge in [0, 0.05) is 35.2 Å². The number of carbonyl (C=O) groups is 2. The first-order valence-corrected chi connectivity index (χ1v) is 9.53. The zero-order valence-electron chi connectivity index (χ0n) is 16.0. The smallest absolute Gasteiger partial charge is 0.330 e. The number of amides is 1. The van der Waals surface area contributed by atoms with Gasteiger partial charge in [0.15, 0.2) is 4.96 Å². The third-order valence-corrected chi connectivity index (χ3v) is 6.79. The Kier molecular flexibility index (Phi) is 4.63. The fourth-order valence-corrected chi connectivity index (χ4v) is 4.56. The molecule has 0 radical (unpaired) electrons. The van der Waals surface area contributed by atoms with Crippen molar-refractivity contribution in [1.29, 1.82) is 0 Å². The predicted octanol–water partition coefficient (Wildman–Crippen LogP) is 1.76. The molecule has 9 heteroatoms. The highest BCUT2D eigenvalue weighted by Crippen LogP contribution is 2.51.